The molecule has 0 N–H and O–H groups in total. The van der Waals surface area contributed by atoms with Gasteiger partial charge in [0.1, 0.15) is 16.3 Å². The van der Waals surface area contributed by atoms with Gasteiger partial charge >= 0.3 is 0 Å². The Morgan fingerprint density at radius 1 is 1.33 bits per heavy atom. The van der Waals surface area contributed by atoms with Gasteiger partial charge in [-0.05, 0) is 31.5 Å². The first kappa shape index (κ1) is 15.5. The Bertz CT molecular complexity index is 718. The van der Waals surface area contributed by atoms with Crippen molar-refractivity contribution in [3.63, 3.8) is 0 Å². The van der Waals surface area contributed by atoms with Crippen LogP contribution >= 0.6 is 0 Å². The summed E-state index contributed by atoms with van der Waals surface area (Å²) in [7, 11) is -0.537. The van der Waals surface area contributed by atoms with Gasteiger partial charge in [-0.3, -0.25) is 0 Å². The molecule has 0 aliphatic carbocycles. The van der Waals surface area contributed by atoms with E-state index in [1.54, 1.807) is 27.0 Å². The van der Waals surface area contributed by atoms with Crippen molar-refractivity contribution in [2.24, 2.45) is 0 Å². The molecular formula is C14H18N2O4S. The van der Waals surface area contributed by atoms with Gasteiger partial charge in [0.15, 0.2) is 5.76 Å². The molecule has 0 aliphatic rings. The van der Waals surface area contributed by atoms with Crippen LogP contribution in [0.5, 0.6) is 5.75 Å². The fourth-order valence-corrected chi connectivity index (χ4v) is 3.55. The molecular weight excluding hydrogens is 292 g/mol. The Morgan fingerprint density at radius 3 is 2.62 bits per heavy atom. The maximum atomic E-state index is 12.6. The van der Waals surface area contributed by atoms with Crippen molar-refractivity contribution in [3.8, 4) is 5.75 Å². The SMILES string of the molecule is COc1cccc(CN(C)S(=O)(=O)c2c(C)noc2C)c1. The van der Waals surface area contributed by atoms with Gasteiger partial charge in [-0.2, -0.15) is 4.31 Å². The van der Waals surface area contributed by atoms with Crippen LogP contribution in [-0.4, -0.2) is 32.0 Å². The summed E-state index contributed by atoms with van der Waals surface area (Å²) in [6.45, 7) is 3.44. The fraction of sp³-hybridized carbons (Fsp3) is 0.357. The zero-order valence-corrected chi connectivity index (χ0v) is 13.3. The van der Waals surface area contributed by atoms with E-state index in [-0.39, 0.29) is 11.4 Å². The van der Waals surface area contributed by atoms with Crippen LogP contribution in [0, 0.1) is 13.8 Å². The van der Waals surface area contributed by atoms with E-state index in [9.17, 15) is 8.42 Å². The van der Waals surface area contributed by atoms with E-state index in [0.29, 0.717) is 17.2 Å². The summed E-state index contributed by atoms with van der Waals surface area (Å²) in [4.78, 5) is 0.132. The predicted octanol–water partition coefficient (Wildman–Crippen LogP) is 2.12. The van der Waals surface area contributed by atoms with Gasteiger partial charge < -0.3 is 9.26 Å². The molecule has 114 valence electrons. The van der Waals surface area contributed by atoms with Crippen molar-refractivity contribution in [1.29, 1.82) is 0 Å². The molecule has 1 aromatic heterocycles. The van der Waals surface area contributed by atoms with Crippen molar-refractivity contribution in [3.05, 3.63) is 41.3 Å². The third kappa shape index (κ3) is 3.08. The van der Waals surface area contributed by atoms with Crippen LogP contribution in [0.2, 0.25) is 0 Å². The summed E-state index contributed by atoms with van der Waals surface area (Å²) in [6, 6.07) is 7.29. The number of sulfonamides is 1. The molecule has 0 radical (unpaired) electrons. The monoisotopic (exact) mass is 310 g/mol. The average molecular weight is 310 g/mol. The zero-order valence-electron chi connectivity index (χ0n) is 12.5. The minimum absolute atomic E-state index is 0.132. The molecule has 2 rings (SSSR count). The third-order valence-electron chi connectivity index (χ3n) is 3.18. The second-order valence-electron chi connectivity index (χ2n) is 4.77. The van der Waals surface area contributed by atoms with Crippen LogP contribution in [0.25, 0.3) is 0 Å². The normalized spacial score (nSPS) is 11.9. The number of benzene rings is 1. The maximum absolute atomic E-state index is 12.6. The molecule has 21 heavy (non-hydrogen) atoms. The van der Waals surface area contributed by atoms with Crippen LogP contribution in [-0.2, 0) is 16.6 Å². The molecule has 0 saturated heterocycles. The van der Waals surface area contributed by atoms with E-state index < -0.39 is 10.0 Å². The summed E-state index contributed by atoms with van der Waals surface area (Å²) in [5.41, 5.74) is 1.21. The van der Waals surface area contributed by atoms with E-state index in [1.165, 1.54) is 11.4 Å². The lowest BCUT2D eigenvalue weighted by Crippen LogP contribution is -2.27. The molecule has 0 bridgehead atoms. The number of aryl methyl sites for hydroxylation is 2. The van der Waals surface area contributed by atoms with Crippen molar-refractivity contribution in [2.45, 2.75) is 25.3 Å². The molecule has 0 spiro atoms. The molecule has 0 atom stereocenters. The smallest absolute Gasteiger partial charge is 0.248 e. The number of methoxy groups -OCH3 is 1. The minimum atomic E-state index is -3.64. The number of nitrogens with zero attached hydrogens (tertiary/aromatic N) is 2. The first-order chi connectivity index (χ1) is 9.86. The van der Waals surface area contributed by atoms with Crippen molar-refractivity contribution in [2.75, 3.05) is 14.2 Å². The van der Waals surface area contributed by atoms with E-state index in [4.69, 9.17) is 9.26 Å². The Balaban J connectivity index is 2.29. The van der Waals surface area contributed by atoms with Gasteiger partial charge in [-0.15, -0.1) is 0 Å². The molecule has 1 aromatic carbocycles. The first-order valence-corrected chi connectivity index (χ1v) is 7.82. The second kappa shape index (κ2) is 5.87. The third-order valence-corrected chi connectivity index (χ3v) is 5.22. The lowest BCUT2D eigenvalue weighted by atomic mass is 10.2. The Labute approximate surface area is 124 Å². The van der Waals surface area contributed by atoms with Crippen LogP contribution in [0.15, 0.2) is 33.7 Å². The summed E-state index contributed by atoms with van der Waals surface area (Å²) in [5.74, 6) is 0.987. The van der Waals surface area contributed by atoms with Crippen LogP contribution < -0.4 is 4.74 Å². The number of rotatable bonds is 5. The van der Waals surface area contributed by atoms with Crippen molar-refractivity contribution < 1.29 is 17.7 Å². The fourth-order valence-electron chi connectivity index (χ4n) is 2.11. The average Bonchev–Trinajstić information content (AvgIpc) is 2.78. The summed E-state index contributed by atoms with van der Waals surface area (Å²) < 4.78 is 36.5. The van der Waals surface area contributed by atoms with Gasteiger partial charge in [0.2, 0.25) is 10.0 Å². The molecule has 0 saturated carbocycles. The number of hydrogen-bond donors (Lipinski definition) is 0. The number of ether oxygens (including phenoxy) is 1. The molecule has 2 aromatic rings. The van der Waals surface area contributed by atoms with Gasteiger partial charge in [-0.25, -0.2) is 8.42 Å². The molecule has 0 aliphatic heterocycles. The summed E-state index contributed by atoms with van der Waals surface area (Å²) in [5, 5.41) is 3.70. The first-order valence-electron chi connectivity index (χ1n) is 6.38. The standard InChI is InChI=1S/C14H18N2O4S/c1-10-14(11(2)20-15-10)21(17,18)16(3)9-12-6-5-7-13(8-12)19-4/h5-8H,9H2,1-4H3. The van der Waals surface area contributed by atoms with Gasteiger partial charge in [0, 0.05) is 13.6 Å². The molecule has 6 nitrogen and oxygen atoms in total. The van der Waals surface area contributed by atoms with E-state index in [0.717, 1.165) is 5.56 Å². The van der Waals surface area contributed by atoms with Crippen LogP contribution in [0.1, 0.15) is 17.0 Å². The summed E-state index contributed by atoms with van der Waals surface area (Å²) in [6.07, 6.45) is 0. The van der Waals surface area contributed by atoms with Gasteiger partial charge in [-0.1, -0.05) is 17.3 Å². The summed E-state index contributed by atoms with van der Waals surface area (Å²) >= 11 is 0. The quantitative estimate of drug-likeness (QED) is 0.846. The molecule has 0 fully saturated rings. The number of hydrogen-bond acceptors (Lipinski definition) is 5. The topological polar surface area (TPSA) is 72.6 Å². The predicted molar refractivity (Wildman–Crippen MR) is 77.6 cm³/mol. The Hall–Kier alpha value is -1.86. The second-order valence-corrected chi connectivity index (χ2v) is 6.75. The lowest BCUT2D eigenvalue weighted by Gasteiger charge is -2.17. The molecule has 7 heteroatoms. The van der Waals surface area contributed by atoms with Gasteiger partial charge in [0.25, 0.3) is 0 Å². The van der Waals surface area contributed by atoms with E-state index in [2.05, 4.69) is 5.16 Å². The largest absolute Gasteiger partial charge is 0.497 e. The van der Waals surface area contributed by atoms with Crippen molar-refractivity contribution in [1.82, 2.24) is 9.46 Å². The van der Waals surface area contributed by atoms with Crippen LogP contribution in [0.3, 0.4) is 0 Å². The molecule has 1 heterocycles. The zero-order chi connectivity index (χ0) is 15.6. The minimum Gasteiger partial charge on any atom is -0.497 e. The highest BCUT2D eigenvalue weighted by Gasteiger charge is 2.28. The number of aromatic nitrogens is 1. The maximum Gasteiger partial charge on any atom is 0.248 e. The van der Waals surface area contributed by atoms with E-state index >= 15 is 0 Å². The molecule has 0 unspecified atom stereocenters. The highest BCUT2D eigenvalue weighted by atomic mass is 32.2. The Morgan fingerprint density at radius 2 is 2.05 bits per heavy atom. The highest BCUT2D eigenvalue weighted by molar-refractivity contribution is 7.89. The van der Waals surface area contributed by atoms with Gasteiger partial charge in [0.05, 0.1) is 7.11 Å². The van der Waals surface area contributed by atoms with Crippen LogP contribution in [0.4, 0.5) is 0 Å². The van der Waals surface area contributed by atoms with Crippen molar-refractivity contribution >= 4 is 10.0 Å². The highest BCUT2D eigenvalue weighted by Crippen LogP contribution is 2.24. The van der Waals surface area contributed by atoms with E-state index in [1.807, 2.05) is 18.2 Å². The molecule has 0 amide bonds. The lowest BCUT2D eigenvalue weighted by molar-refractivity contribution is 0.389. The Kier molecular flexibility index (Phi) is 4.34.